The number of carbonyl (C=O) groups is 1. The Bertz CT molecular complexity index is 5060. The van der Waals surface area contributed by atoms with Crippen LogP contribution >= 0.6 is 0 Å². The van der Waals surface area contributed by atoms with Crippen molar-refractivity contribution in [1.29, 1.82) is 0 Å². The molecule has 10 heterocycles. The second-order valence-electron chi connectivity index (χ2n) is 41.0. The van der Waals surface area contributed by atoms with E-state index in [2.05, 4.69) is 199 Å². The Morgan fingerprint density at radius 3 is 1.22 bits per heavy atom. The highest BCUT2D eigenvalue weighted by molar-refractivity contribution is 5.85. The number of hydrogen-bond donors (Lipinski definition) is 2. The summed E-state index contributed by atoms with van der Waals surface area (Å²) in [5, 5.41) is 28.3. The zero-order valence-corrected chi connectivity index (χ0v) is 67.0. The fourth-order valence-corrected chi connectivity index (χ4v) is 30.5. The van der Waals surface area contributed by atoms with Crippen molar-refractivity contribution in [3.63, 3.8) is 0 Å². The van der Waals surface area contributed by atoms with Crippen molar-refractivity contribution < 1.29 is 34.0 Å². The van der Waals surface area contributed by atoms with E-state index in [0.29, 0.717) is 59.9 Å². The van der Waals surface area contributed by atoms with E-state index < -0.39 is 18.1 Å². The van der Waals surface area contributed by atoms with Gasteiger partial charge in [-0.3, -0.25) is 14.6 Å². The van der Waals surface area contributed by atoms with Crippen molar-refractivity contribution in [3.8, 4) is 0 Å². The van der Waals surface area contributed by atoms with Gasteiger partial charge in [0.25, 0.3) is 0 Å². The topological polar surface area (TPSA) is 104 Å². The van der Waals surface area contributed by atoms with E-state index in [1.165, 1.54) is 210 Å². The van der Waals surface area contributed by atoms with Crippen LogP contribution in [0.1, 0.15) is 235 Å². The molecule has 13 fully saturated rings. The van der Waals surface area contributed by atoms with Crippen LogP contribution < -0.4 is 0 Å². The maximum absolute atomic E-state index is 12.0. The third-order valence-corrected chi connectivity index (χ3v) is 36.0. The van der Waals surface area contributed by atoms with Gasteiger partial charge in [0.1, 0.15) is 6.04 Å². The number of rotatable bonds is 7. The molecule has 7 spiro atoms. The van der Waals surface area contributed by atoms with E-state index in [1.807, 2.05) is 0 Å². The number of benzene rings is 6. The molecule has 6 saturated carbocycles. The molecule has 584 valence electrons. The first-order valence-corrected chi connectivity index (χ1v) is 45.0. The summed E-state index contributed by atoms with van der Waals surface area (Å²) in [6.45, 7) is 15.3. The molecule has 20 atom stereocenters. The van der Waals surface area contributed by atoms with Crippen LogP contribution in [0.15, 0.2) is 197 Å². The molecule has 3 unspecified atom stereocenters. The Kier molecular flexibility index (Phi) is 16.2. The van der Waals surface area contributed by atoms with Crippen molar-refractivity contribution >= 4 is 38.3 Å². The van der Waals surface area contributed by atoms with Crippen molar-refractivity contribution in [1.82, 2.24) is 14.7 Å². The van der Waals surface area contributed by atoms with Gasteiger partial charge in [-0.15, -0.1) is 0 Å². The molecule has 0 radical (unpaired) electrons. The summed E-state index contributed by atoms with van der Waals surface area (Å²) in [5.41, 5.74) is 14.4. The third kappa shape index (κ3) is 10.4. The number of likely N-dealkylation sites (tertiary alicyclic amines) is 3. The molecular weight excluding hydrogens is 1380 g/mol. The molecule has 6 aromatic carbocycles. The van der Waals surface area contributed by atoms with Gasteiger partial charge in [0.05, 0.1) is 52.9 Å². The van der Waals surface area contributed by atoms with Crippen molar-refractivity contribution in [2.24, 2.45) is 39.4 Å². The van der Waals surface area contributed by atoms with Gasteiger partial charge in [0.2, 0.25) is 0 Å². The molecule has 10 heteroatoms. The number of hydrogen-bond acceptors (Lipinski definition) is 9. The van der Waals surface area contributed by atoms with E-state index >= 15 is 0 Å². The van der Waals surface area contributed by atoms with E-state index in [0.717, 1.165) is 57.8 Å². The molecule has 0 amide bonds. The van der Waals surface area contributed by atoms with Gasteiger partial charge < -0.3 is 34.1 Å². The van der Waals surface area contributed by atoms with Crippen LogP contribution in [-0.2, 0) is 23.7 Å². The SMILES string of the molecule is C[C@]12CC=C3C=C4CC[C@@H](N5CCC6(COC6)C5)C[C@]45CCC3(O5)[C@@H]1CC[C@@H]2c1ccc2ccccc2c1.C[C@]12CC=C3C=C4CC[C@@H](N5CCCC5)C[C@]45CCC3(O5)[C@@H]1CC[C@@H]2c1ccc2ccccc2c1.C[C@]12CC=C3C=C4CC[C@@H](N5C[C@H](O)C[C@H]5C(=O)O)C[C@]45CCC3(O5)[C@@H]1CC[C@@H]2c1ccc2ccccc2c1. The number of ether oxygens (including phenoxy) is 4. The summed E-state index contributed by atoms with van der Waals surface area (Å²) in [7, 11) is 0. The number of carboxylic acids is 1. The largest absolute Gasteiger partial charge is 0.480 e. The van der Waals surface area contributed by atoms with Crippen molar-refractivity contribution in [2.75, 3.05) is 45.9 Å². The standard InChI is InChI=1S/C35H41NO2.C34H39NO4.C33H39NO/c1-32-13-12-28-19-27-8-9-29(36-17-16-33(21-36)22-37-23-33)20-34(27)14-15-35(28,38-34)31(32)11-10-30(32)26-7-6-24-4-2-3-5-25(24)18-26;1-32-13-12-25-17-24-8-9-26(35-20-27(36)18-29(35)31(37)38)19-33(24)14-15-34(25,39-33)30(32)11-10-28(32)23-7-6-21-4-2-3-5-22(21)16-23;1-31-15-14-27-21-26-10-11-28(34-18-4-5-19-34)22-32(26)16-17-33(27,35-32)30(31)13-12-29(31)25-9-8-23-6-2-3-7-24(23)20-25/h2-7,12,18-19,29-31H,8-11,13-17,20-23H2,1H3;2-7,12,16-17,26-30,36H,8-11,13-15,18-20H2,1H3,(H,37,38);2-3,6-9,14,20-21,28-30H,4-5,10-13,15-19,22H2,1H3/t29-,30-,31-,32-,34-,35?;26-,27-,28-,29+,30-,32-,33-,34?;28-,29-,30-,31-,32-,33?/m111/s1. The number of β-amino-alcohol motifs (C(OH)–C–C–N with tert-alkyl or cyclic N) is 1. The van der Waals surface area contributed by atoms with Crippen LogP contribution in [0.2, 0.25) is 0 Å². The zero-order chi connectivity index (χ0) is 75.0. The normalized spacial score (nSPS) is 42.7. The summed E-state index contributed by atoms with van der Waals surface area (Å²) in [4.78, 5) is 19.7. The van der Waals surface area contributed by atoms with E-state index in [9.17, 15) is 15.0 Å². The van der Waals surface area contributed by atoms with Crippen molar-refractivity contribution in [3.05, 3.63) is 214 Å². The summed E-state index contributed by atoms with van der Waals surface area (Å²) in [6, 6.07) is 49.0. The van der Waals surface area contributed by atoms with Crippen LogP contribution in [0, 0.1) is 39.4 Å². The molecule has 7 saturated heterocycles. The Morgan fingerprint density at radius 1 is 0.438 bits per heavy atom. The van der Waals surface area contributed by atoms with Gasteiger partial charge in [0.15, 0.2) is 0 Å². The Labute approximate surface area is 664 Å². The lowest BCUT2D eigenvalue weighted by atomic mass is 9.58. The molecule has 25 rings (SSSR count). The Balaban J connectivity index is 0.000000100. The van der Waals surface area contributed by atoms with Gasteiger partial charge in [-0.05, 0) is 327 Å². The number of nitrogens with zero attached hydrogens (tertiary/aromatic N) is 3. The molecule has 112 heavy (non-hydrogen) atoms. The van der Waals surface area contributed by atoms with Crippen LogP contribution in [-0.4, -0.2) is 141 Å². The summed E-state index contributed by atoms with van der Waals surface area (Å²) >= 11 is 0. The van der Waals surface area contributed by atoms with E-state index in [-0.39, 0.29) is 55.9 Å². The lowest BCUT2D eigenvalue weighted by Gasteiger charge is -2.55. The molecular formula is C102H119N3O7. The predicted molar refractivity (Wildman–Crippen MR) is 444 cm³/mol. The van der Waals surface area contributed by atoms with Gasteiger partial charge in [-0.25, -0.2) is 0 Å². The zero-order valence-electron chi connectivity index (χ0n) is 67.0. The summed E-state index contributed by atoms with van der Waals surface area (Å²) in [6.07, 6.45) is 47.8. The summed E-state index contributed by atoms with van der Waals surface area (Å²) < 4.78 is 28.2. The maximum Gasteiger partial charge on any atom is 0.321 e. The van der Waals surface area contributed by atoms with Gasteiger partial charge >= 0.3 is 5.97 Å². The Morgan fingerprint density at radius 2 is 0.830 bits per heavy atom. The third-order valence-electron chi connectivity index (χ3n) is 36.0. The molecule has 9 aliphatic carbocycles. The molecule has 10 aliphatic heterocycles. The van der Waals surface area contributed by atoms with E-state index in [4.69, 9.17) is 18.9 Å². The van der Waals surface area contributed by atoms with Crippen LogP contribution in [0.5, 0.6) is 0 Å². The summed E-state index contributed by atoms with van der Waals surface area (Å²) in [5.74, 6) is 2.68. The average molecular weight is 1500 g/mol. The molecule has 10 nitrogen and oxygen atoms in total. The van der Waals surface area contributed by atoms with Crippen LogP contribution in [0.25, 0.3) is 32.3 Å². The highest BCUT2D eigenvalue weighted by Crippen LogP contribution is 2.74. The number of carboxylic acid groups (broad SMARTS) is 1. The molecule has 2 N–H and O–H groups in total. The van der Waals surface area contributed by atoms with Crippen LogP contribution in [0.4, 0.5) is 0 Å². The van der Waals surface area contributed by atoms with Crippen LogP contribution in [0.3, 0.4) is 0 Å². The number of allylic oxidation sites excluding steroid dienone is 3. The number of aliphatic hydroxyl groups is 1. The van der Waals surface area contributed by atoms with Crippen molar-refractivity contribution in [2.45, 2.75) is 282 Å². The minimum atomic E-state index is -0.809. The highest BCUT2D eigenvalue weighted by Gasteiger charge is 2.71. The average Bonchev–Trinajstić information content (AvgIpc) is 1.52. The molecule has 6 bridgehead atoms. The first-order chi connectivity index (χ1) is 54.4. The molecule has 6 aromatic rings. The Hall–Kier alpha value is -6.31. The monoisotopic (exact) mass is 1500 g/mol. The number of aliphatic hydroxyl groups excluding tert-OH is 1. The number of fused-ring (bicyclic) bond motifs is 6. The van der Waals surface area contributed by atoms with E-state index in [1.54, 1.807) is 33.4 Å². The van der Waals surface area contributed by atoms with Gasteiger partial charge in [-0.2, -0.15) is 0 Å². The minimum Gasteiger partial charge on any atom is -0.480 e. The quantitative estimate of drug-likeness (QED) is 0.161. The number of aliphatic carboxylic acids is 1. The predicted octanol–water partition coefficient (Wildman–Crippen LogP) is 20.7. The highest BCUT2D eigenvalue weighted by atomic mass is 16.5. The molecule has 0 aromatic heterocycles. The fraction of sp³-hybridized carbons (Fsp3) is 0.578. The maximum atomic E-state index is 12.0. The second kappa shape index (κ2) is 25.6. The smallest absolute Gasteiger partial charge is 0.321 e. The lowest BCUT2D eigenvalue weighted by Crippen LogP contribution is -2.56. The molecule has 19 aliphatic rings. The fourth-order valence-electron chi connectivity index (χ4n) is 30.5. The first-order valence-electron chi connectivity index (χ1n) is 45.0. The first kappa shape index (κ1) is 71.0. The van der Waals surface area contributed by atoms with Gasteiger partial charge in [0, 0.05) is 43.1 Å². The minimum absolute atomic E-state index is 0.00852. The lowest BCUT2D eigenvalue weighted by molar-refractivity contribution is -0.150. The van der Waals surface area contributed by atoms with Gasteiger partial charge in [-0.1, -0.05) is 185 Å². The second-order valence-corrected chi connectivity index (χ2v) is 41.0.